The van der Waals surface area contributed by atoms with Gasteiger partial charge >= 0.3 is 5.97 Å². The third-order valence-corrected chi connectivity index (χ3v) is 3.66. The van der Waals surface area contributed by atoms with E-state index in [1.807, 2.05) is 24.4 Å². The Balaban J connectivity index is 0. The second-order valence-corrected chi connectivity index (χ2v) is 5.83. The maximum absolute atomic E-state index is 10.9. The van der Waals surface area contributed by atoms with Crippen molar-refractivity contribution < 1.29 is 30.3 Å². The summed E-state index contributed by atoms with van der Waals surface area (Å²) in [6.07, 6.45) is 2.59. The van der Waals surface area contributed by atoms with Gasteiger partial charge in [-0.05, 0) is 24.3 Å². The zero-order chi connectivity index (χ0) is 18.9. The van der Waals surface area contributed by atoms with E-state index in [-0.39, 0.29) is 24.1 Å². The third-order valence-electron chi connectivity index (χ3n) is 3.40. The van der Waals surface area contributed by atoms with E-state index in [2.05, 4.69) is 9.97 Å². The molecule has 3 rings (SSSR count). The lowest BCUT2D eigenvalue weighted by molar-refractivity contribution is 0.0691. The molecule has 9 nitrogen and oxygen atoms in total. The lowest BCUT2D eigenvalue weighted by Gasteiger charge is -2.07. The van der Waals surface area contributed by atoms with Crippen molar-refractivity contribution in [2.24, 2.45) is 0 Å². The first kappa shape index (κ1) is 28.3. The van der Waals surface area contributed by atoms with E-state index in [4.69, 9.17) is 32.5 Å². The molecular weight excluding hydrogens is 398 g/mol. The number of hydrogen-bond donors (Lipinski definition) is 4. The molecule has 9 N–H and O–H groups in total. The number of hydrogen-bond acceptors (Lipinski definition) is 5. The van der Waals surface area contributed by atoms with Gasteiger partial charge in [0.2, 0.25) is 0 Å². The van der Waals surface area contributed by atoms with Crippen LogP contribution in [0.15, 0.2) is 42.6 Å². The maximum Gasteiger partial charge on any atom is 0.352 e. The molecule has 0 aliphatic carbocycles. The van der Waals surface area contributed by atoms with Crippen molar-refractivity contribution in [2.45, 2.75) is 13.8 Å². The molecule has 0 saturated carbocycles. The molecule has 0 radical (unpaired) electrons. The molecule has 3 aromatic rings. The number of rotatable bonds is 6. The summed E-state index contributed by atoms with van der Waals surface area (Å²) in [6, 6.07) is 10.6. The molecule has 0 aliphatic rings. The van der Waals surface area contributed by atoms with Gasteiger partial charge < -0.3 is 41.2 Å². The minimum Gasteiger partial charge on any atom is -0.493 e. The summed E-state index contributed by atoms with van der Waals surface area (Å²) >= 11 is 4.76. The average Bonchev–Trinajstić information content (AvgIpc) is 3.05. The van der Waals surface area contributed by atoms with E-state index in [0.29, 0.717) is 30.2 Å². The molecule has 10 heteroatoms. The number of carboxylic acid groups (broad SMARTS) is 1. The molecule has 0 aliphatic heterocycles. The SMILES string of the molecule is C.COCCCOc1cc(N)c2[nH]c(C(=O)O)cc2c1.O.O.S=c1cccc[nH]1. The fraction of sp³-hybridized carbons (Fsp3) is 0.263. The minimum atomic E-state index is -1.02. The van der Waals surface area contributed by atoms with Crippen LogP contribution < -0.4 is 10.5 Å². The molecule has 162 valence electrons. The van der Waals surface area contributed by atoms with Crippen LogP contribution in [0.5, 0.6) is 5.75 Å². The normalized spacial score (nSPS) is 9.14. The van der Waals surface area contributed by atoms with E-state index < -0.39 is 5.97 Å². The molecule has 0 bridgehead atoms. The van der Waals surface area contributed by atoms with Crippen LogP contribution in [0, 0.1) is 4.64 Å². The number of aromatic carboxylic acids is 1. The first-order valence-corrected chi connectivity index (χ1v) is 8.33. The zero-order valence-corrected chi connectivity index (χ0v) is 16.1. The molecule has 0 amide bonds. The summed E-state index contributed by atoms with van der Waals surface area (Å²) in [5, 5.41) is 9.65. The number of methoxy groups -OCH3 is 1. The Kier molecular flexibility index (Phi) is 13.8. The van der Waals surface area contributed by atoms with Crippen molar-refractivity contribution in [1.82, 2.24) is 9.97 Å². The van der Waals surface area contributed by atoms with Gasteiger partial charge in [-0.25, -0.2) is 4.79 Å². The predicted octanol–water partition coefficient (Wildman–Crippen LogP) is 2.59. The van der Waals surface area contributed by atoms with Crippen molar-refractivity contribution >= 4 is 34.8 Å². The van der Waals surface area contributed by atoms with Crippen LogP contribution in [0.3, 0.4) is 0 Å². The Labute approximate surface area is 174 Å². The number of nitrogens with two attached hydrogens (primary N) is 1. The van der Waals surface area contributed by atoms with Crippen molar-refractivity contribution in [2.75, 3.05) is 26.1 Å². The van der Waals surface area contributed by atoms with Gasteiger partial charge in [0.25, 0.3) is 0 Å². The summed E-state index contributed by atoms with van der Waals surface area (Å²) in [5.41, 5.74) is 7.06. The number of H-pyrrole nitrogens is 2. The smallest absolute Gasteiger partial charge is 0.352 e. The zero-order valence-electron chi connectivity index (χ0n) is 15.3. The van der Waals surface area contributed by atoms with Gasteiger partial charge in [0.05, 0.1) is 17.8 Å². The maximum atomic E-state index is 10.9. The number of carbonyl (C=O) groups is 1. The van der Waals surface area contributed by atoms with Gasteiger partial charge in [0.15, 0.2) is 0 Å². The largest absolute Gasteiger partial charge is 0.493 e. The Morgan fingerprint density at radius 3 is 2.45 bits per heavy atom. The van der Waals surface area contributed by atoms with Crippen LogP contribution in [0.2, 0.25) is 0 Å². The molecule has 0 fully saturated rings. The van der Waals surface area contributed by atoms with Crippen molar-refractivity contribution in [3.8, 4) is 5.75 Å². The molecule has 29 heavy (non-hydrogen) atoms. The van der Waals surface area contributed by atoms with Crippen LogP contribution in [-0.4, -0.2) is 52.3 Å². The Bertz CT molecular complexity index is 908. The van der Waals surface area contributed by atoms with E-state index in [1.165, 1.54) is 6.07 Å². The van der Waals surface area contributed by atoms with Gasteiger partial charge in [-0.2, -0.15) is 0 Å². The minimum absolute atomic E-state index is 0. The highest BCUT2D eigenvalue weighted by atomic mass is 32.1. The number of aromatic nitrogens is 2. The fourth-order valence-corrected chi connectivity index (χ4v) is 2.36. The molecule has 0 atom stereocenters. The van der Waals surface area contributed by atoms with E-state index in [1.54, 1.807) is 19.2 Å². The predicted molar refractivity (Wildman–Crippen MR) is 117 cm³/mol. The third kappa shape index (κ3) is 8.75. The highest BCUT2D eigenvalue weighted by Crippen LogP contribution is 2.27. The Morgan fingerprint density at radius 2 is 1.93 bits per heavy atom. The average molecular weight is 428 g/mol. The topological polar surface area (TPSA) is 176 Å². The number of pyridine rings is 1. The van der Waals surface area contributed by atoms with Crippen LogP contribution in [0.25, 0.3) is 10.9 Å². The number of nitrogens with one attached hydrogen (secondary N) is 2. The molecule has 2 heterocycles. The van der Waals surface area contributed by atoms with Crippen LogP contribution in [0.1, 0.15) is 24.3 Å². The van der Waals surface area contributed by atoms with Gasteiger partial charge in [-0.3, -0.25) is 0 Å². The second kappa shape index (κ2) is 14.1. The van der Waals surface area contributed by atoms with Gasteiger partial charge in [0.1, 0.15) is 16.1 Å². The summed E-state index contributed by atoms with van der Waals surface area (Å²) in [4.78, 5) is 16.5. The van der Waals surface area contributed by atoms with Crippen LogP contribution >= 0.6 is 12.2 Å². The standard InChI is InChI=1S/C13H16N2O4.C5H5NS.CH4.2H2O/c1-18-3-2-4-19-9-5-8-6-11(13(16)17)15-12(8)10(14)7-9;7-5-3-1-2-4-6-5;;;/h5-7,15H,2-4,14H2,1H3,(H,16,17);1-4H,(H,6,7);1H4;2*1H2. The summed E-state index contributed by atoms with van der Waals surface area (Å²) in [5.74, 6) is -0.393. The Hall–Kier alpha value is -2.92. The Morgan fingerprint density at radius 1 is 1.21 bits per heavy atom. The first-order valence-electron chi connectivity index (χ1n) is 7.92. The van der Waals surface area contributed by atoms with Crippen molar-refractivity contribution in [3.05, 3.63) is 52.9 Å². The van der Waals surface area contributed by atoms with Crippen LogP contribution in [-0.2, 0) is 4.74 Å². The van der Waals surface area contributed by atoms with Gasteiger partial charge in [-0.1, -0.05) is 25.7 Å². The molecule has 0 saturated heterocycles. The summed E-state index contributed by atoms with van der Waals surface area (Å²) < 4.78 is 11.3. The van der Waals surface area contributed by atoms with Gasteiger partial charge in [0, 0.05) is 37.8 Å². The number of fused-ring (bicyclic) bond motifs is 1. The van der Waals surface area contributed by atoms with E-state index in [9.17, 15) is 4.79 Å². The lowest BCUT2D eigenvalue weighted by atomic mass is 10.2. The molecule has 0 unspecified atom stereocenters. The van der Waals surface area contributed by atoms with Crippen molar-refractivity contribution in [1.29, 1.82) is 0 Å². The molecule has 0 spiro atoms. The van der Waals surface area contributed by atoms with Crippen LogP contribution in [0.4, 0.5) is 5.69 Å². The highest BCUT2D eigenvalue weighted by Gasteiger charge is 2.10. The van der Waals surface area contributed by atoms with E-state index >= 15 is 0 Å². The fourth-order valence-electron chi connectivity index (χ4n) is 2.21. The number of ether oxygens (including phenoxy) is 2. The monoisotopic (exact) mass is 427 g/mol. The first-order chi connectivity index (χ1) is 12.5. The number of aromatic amines is 2. The highest BCUT2D eigenvalue weighted by molar-refractivity contribution is 7.71. The number of nitrogen functional groups attached to an aromatic ring is 1. The number of benzene rings is 1. The number of anilines is 1. The summed E-state index contributed by atoms with van der Waals surface area (Å²) in [7, 11) is 1.64. The number of carboxylic acids is 1. The van der Waals surface area contributed by atoms with E-state index in [0.717, 1.165) is 16.4 Å². The molecular formula is C19H29N3O6S. The second-order valence-electron chi connectivity index (χ2n) is 5.39. The van der Waals surface area contributed by atoms with Gasteiger partial charge in [-0.15, -0.1) is 0 Å². The lowest BCUT2D eigenvalue weighted by Crippen LogP contribution is -2.01. The molecule has 2 aromatic heterocycles. The molecule has 1 aromatic carbocycles. The quantitative estimate of drug-likeness (QED) is 0.267. The summed E-state index contributed by atoms with van der Waals surface area (Å²) in [6.45, 7) is 1.15. The van der Waals surface area contributed by atoms with Crippen molar-refractivity contribution in [3.63, 3.8) is 0 Å².